The number of amides is 3. The van der Waals surface area contributed by atoms with E-state index in [1.807, 2.05) is 18.2 Å². The molecule has 7 nitrogen and oxygen atoms in total. The maximum Gasteiger partial charge on any atom is 0.248 e. The Labute approximate surface area is 269 Å². The van der Waals surface area contributed by atoms with Crippen LogP contribution < -0.4 is 5.73 Å². The first kappa shape index (κ1) is 35.0. The molecule has 10 heteroatoms. The van der Waals surface area contributed by atoms with Crippen LogP contribution >= 0.6 is 11.8 Å². The number of halogens is 2. The second kappa shape index (κ2) is 15.2. The number of benzene rings is 2. The van der Waals surface area contributed by atoms with E-state index in [-0.39, 0.29) is 72.8 Å². The van der Waals surface area contributed by atoms with Crippen LogP contribution in [0, 0.1) is 40.7 Å². The van der Waals surface area contributed by atoms with E-state index in [0.717, 1.165) is 18.1 Å². The van der Waals surface area contributed by atoms with Crippen molar-refractivity contribution in [3.8, 4) is 0 Å². The zero-order valence-corrected chi connectivity index (χ0v) is 27.6. The van der Waals surface area contributed by atoms with E-state index in [2.05, 4.69) is 32.9 Å². The highest BCUT2D eigenvalue weighted by Crippen LogP contribution is 2.50. The monoisotopic (exact) mass is 643 g/mol. The zero-order chi connectivity index (χ0) is 32.9. The fourth-order valence-corrected chi connectivity index (χ4v) is 8.48. The molecule has 2 fully saturated rings. The first-order valence-electron chi connectivity index (χ1n) is 15.8. The summed E-state index contributed by atoms with van der Waals surface area (Å²) < 4.78 is 29.4. The van der Waals surface area contributed by atoms with E-state index in [9.17, 15) is 23.9 Å². The molecule has 4 rings (SSSR count). The predicted molar refractivity (Wildman–Crippen MR) is 173 cm³/mol. The van der Waals surface area contributed by atoms with E-state index in [1.165, 1.54) is 28.8 Å². The smallest absolute Gasteiger partial charge is 0.248 e. The van der Waals surface area contributed by atoms with E-state index < -0.39 is 29.6 Å². The largest absolute Gasteiger partial charge is 0.387 e. The standard InChI is InChI=1S/C35H47F2N3O4S/c1-22-12-31(42)40(34(22)44)21-45-20-24(17-38)18-39(32(43)19-41)33(35(2,3)4)29-15-26(28-16-27(36)10-11-30(28)37)14-25(29)13-23-8-6-5-7-9-23/h5-11,16,22,24-26,29,33,41H,12-15,17-21,38H2,1-4H3/t22?,24?,25?,26?,29?,33-/m0/s1. The highest BCUT2D eigenvalue weighted by atomic mass is 32.2. The highest BCUT2D eigenvalue weighted by Gasteiger charge is 2.47. The molecule has 2 aromatic rings. The van der Waals surface area contributed by atoms with Crippen LogP contribution in [0.3, 0.4) is 0 Å². The molecule has 1 aliphatic heterocycles. The molecule has 1 saturated carbocycles. The summed E-state index contributed by atoms with van der Waals surface area (Å²) in [6.07, 6.45) is 2.14. The summed E-state index contributed by atoms with van der Waals surface area (Å²) >= 11 is 1.44. The second-order valence-electron chi connectivity index (χ2n) is 13.8. The van der Waals surface area contributed by atoms with Crippen LogP contribution in [0.1, 0.15) is 64.0 Å². The molecule has 45 heavy (non-hydrogen) atoms. The number of carbonyl (C=O) groups is 3. The normalized spacial score (nSPS) is 23.4. The maximum atomic E-state index is 15.1. The number of aliphatic hydroxyl groups is 1. The summed E-state index contributed by atoms with van der Waals surface area (Å²) in [4.78, 5) is 41.3. The molecule has 3 N–H and O–H groups in total. The van der Waals surface area contributed by atoms with Crippen LogP contribution in [0.5, 0.6) is 0 Å². The average molecular weight is 644 g/mol. The number of hydrogen-bond acceptors (Lipinski definition) is 6. The third kappa shape index (κ3) is 8.51. The third-order valence-electron chi connectivity index (χ3n) is 9.40. The van der Waals surface area contributed by atoms with Crippen molar-refractivity contribution in [1.29, 1.82) is 0 Å². The minimum Gasteiger partial charge on any atom is -0.387 e. The van der Waals surface area contributed by atoms with Crippen molar-refractivity contribution >= 4 is 29.5 Å². The molecule has 1 saturated heterocycles. The van der Waals surface area contributed by atoms with Gasteiger partial charge in [0, 0.05) is 30.7 Å². The summed E-state index contributed by atoms with van der Waals surface area (Å²) in [5, 5.41) is 10.1. The van der Waals surface area contributed by atoms with Crippen LogP contribution in [0.2, 0.25) is 0 Å². The van der Waals surface area contributed by atoms with Gasteiger partial charge in [0.1, 0.15) is 18.2 Å². The molecular weight excluding hydrogens is 596 g/mol. The molecule has 0 aromatic heterocycles. The lowest BCUT2D eigenvalue weighted by atomic mass is 9.72. The number of imide groups is 1. The highest BCUT2D eigenvalue weighted by molar-refractivity contribution is 7.99. The van der Waals surface area contributed by atoms with Crippen molar-refractivity contribution in [2.24, 2.45) is 34.8 Å². The van der Waals surface area contributed by atoms with Crippen molar-refractivity contribution in [1.82, 2.24) is 9.80 Å². The van der Waals surface area contributed by atoms with Crippen LogP contribution in [0.4, 0.5) is 8.78 Å². The molecule has 6 atom stereocenters. The predicted octanol–water partition coefficient (Wildman–Crippen LogP) is 5.21. The summed E-state index contributed by atoms with van der Waals surface area (Å²) in [7, 11) is 0. The second-order valence-corrected chi connectivity index (χ2v) is 14.8. The van der Waals surface area contributed by atoms with Crippen molar-refractivity contribution in [2.45, 2.75) is 65.3 Å². The fourth-order valence-electron chi connectivity index (χ4n) is 7.35. The van der Waals surface area contributed by atoms with Crippen LogP contribution in [-0.4, -0.2) is 70.0 Å². The molecular formula is C35H47F2N3O4S. The first-order chi connectivity index (χ1) is 21.3. The Balaban J connectivity index is 1.62. The average Bonchev–Trinajstić information content (AvgIpc) is 3.51. The van der Waals surface area contributed by atoms with Gasteiger partial charge < -0.3 is 15.7 Å². The van der Waals surface area contributed by atoms with Gasteiger partial charge in [-0.05, 0) is 84.2 Å². The van der Waals surface area contributed by atoms with Gasteiger partial charge in [0.25, 0.3) is 0 Å². The van der Waals surface area contributed by atoms with Gasteiger partial charge in [-0.3, -0.25) is 19.3 Å². The van der Waals surface area contributed by atoms with Crippen LogP contribution in [-0.2, 0) is 20.8 Å². The van der Waals surface area contributed by atoms with Gasteiger partial charge in [-0.15, -0.1) is 11.8 Å². The number of likely N-dealkylation sites (tertiary alicyclic amines) is 1. The van der Waals surface area contributed by atoms with Crippen molar-refractivity contribution in [3.63, 3.8) is 0 Å². The Bertz CT molecular complexity index is 1340. The molecule has 1 aliphatic carbocycles. The number of nitrogens with two attached hydrogens (primary N) is 1. The van der Waals surface area contributed by atoms with Gasteiger partial charge in [0.15, 0.2) is 0 Å². The van der Waals surface area contributed by atoms with Crippen LogP contribution in [0.25, 0.3) is 0 Å². The maximum absolute atomic E-state index is 15.1. The van der Waals surface area contributed by atoms with Crippen molar-refractivity contribution in [3.05, 3.63) is 71.3 Å². The van der Waals surface area contributed by atoms with Gasteiger partial charge in [-0.2, -0.15) is 0 Å². The number of aliphatic hydroxyl groups excluding tert-OH is 1. The lowest BCUT2D eigenvalue weighted by Crippen LogP contribution is -2.55. The summed E-state index contributed by atoms with van der Waals surface area (Å²) in [6, 6.07) is 13.3. The minimum absolute atomic E-state index is 0.0677. The summed E-state index contributed by atoms with van der Waals surface area (Å²) in [5.41, 5.74) is 7.29. The molecule has 0 radical (unpaired) electrons. The molecule has 2 aromatic carbocycles. The molecule has 5 unspecified atom stereocenters. The lowest BCUT2D eigenvalue weighted by Gasteiger charge is -2.46. The fraction of sp³-hybridized carbons (Fsp3) is 0.571. The van der Waals surface area contributed by atoms with E-state index in [4.69, 9.17) is 5.73 Å². The lowest BCUT2D eigenvalue weighted by molar-refractivity contribution is -0.142. The van der Waals surface area contributed by atoms with Crippen LogP contribution in [0.15, 0.2) is 48.5 Å². The number of nitrogens with zero attached hydrogens (tertiary/aromatic N) is 2. The van der Waals surface area contributed by atoms with Crippen molar-refractivity contribution in [2.75, 3.05) is 31.3 Å². The molecule has 0 spiro atoms. The number of thioether (sulfide) groups is 1. The van der Waals surface area contributed by atoms with Gasteiger partial charge in [0.2, 0.25) is 17.7 Å². The zero-order valence-electron chi connectivity index (χ0n) is 26.8. The van der Waals surface area contributed by atoms with E-state index in [1.54, 1.807) is 11.8 Å². The van der Waals surface area contributed by atoms with Gasteiger partial charge >= 0.3 is 0 Å². The Morgan fingerprint density at radius 1 is 1.13 bits per heavy atom. The summed E-state index contributed by atoms with van der Waals surface area (Å²) in [5.74, 6) is -1.61. The quantitative estimate of drug-likeness (QED) is 0.291. The van der Waals surface area contributed by atoms with E-state index >= 15 is 4.39 Å². The minimum atomic E-state index is -0.663. The number of rotatable bonds is 13. The Kier molecular flexibility index (Phi) is 11.8. The summed E-state index contributed by atoms with van der Waals surface area (Å²) in [6.45, 7) is 7.86. The molecule has 1 heterocycles. The Morgan fingerprint density at radius 2 is 1.84 bits per heavy atom. The topological polar surface area (TPSA) is 104 Å². The molecule has 3 amide bonds. The first-order valence-corrected chi connectivity index (χ1v) is 17.0. The molecule has 2 aliphatic rings. The Hall–Kier alpha value is -2.82. The van der Waals surface area contributed by atoms with Gasteiger partial charge in [-0.1, -0.05) is 58.0 Å². The molecule has 0 bridgehead atoms. The number of hydrogen-bond donors (Lipinski definition) is 2. The molecule has 246 valence electrons. The Morgan fingerprint density at radius 3 is 2.44 bits per heavy atom. The van der Waals surface area contributed by atoms with E-state index in [0.29, 0.717) is 24.2 Å². The van der Waals surface area contributed by atoms with Crippen molar-refractivity contribution < 1.29 is 28.3 Å². The SMILES string of the molecule is CC1CC(=O)N(CSCC(CN)CN(C(=O)CO)[C@@H](C2CC(c3cc(F)ccc3F)CC2Cc2ccccc2)C(C)(C)C)C1=O. The van der Waals surface area contributed by atoms with Gasteiger partial charge in [0.05, 0.1) is 5.88 Å². The third-order valence-corrected chi connectivity index (χ3v) is 10.6. The number of carbonyl (C=O) groups excluding carboxylic acids is 3. The van der Waals surface area contributed by atoms with Gasteiger partial charge in [-0.25, -0.2) is 8.78 Å².